The van der Waals surface area contributed by atoms with E-state index < -0.39 is 11.5 Å². The smallest absolute Gasteiger partial charge is 0.368 e. The SMILES string of the molecule is Cc1cc(-c2nn(C)cc2C)ccc1OCc1c(F)cccc1-n1nnn(C)c1=O. The molecule has 2 aromatic carbocycles. The van der Waals surface area contributed by atoms with Crippen LogP contribution in [0.4, 0.5) is 4.39 Å². The molecule has 30 heavy (non-hydrogen) atoms. The molecule has 2 heterocycles. The minimum atomic E-state index is -0.483. The van der Waals surface area contributed by atoms with Gasteiger partial charge in [-0.1, -0.05) is 6.07 Å². The summed E-state index contributed by atoms with van der Waals surface area (Å²) in [5.74, 6) is 0.136. The van der Waals surface area contributed by atoms with Crippen LogP contribution in [0.1, 0.15) is 16.7 Å². The zero-order valence-electron chi connectivity index (χ0n) is 17.1. The number of hydrogen-bond donors (Lipinski definition) is 0. The molecule has 0 fully saturated rings. The lowest BCUT2D eigenvalue weighted by atomic mass is 10.1. The third-order valence-corrected chi connectivity index (χ3v) is 4.88. The van der Waals surface area contributed by atoms with Crippen LogP contribution in [0.3, 0.4) is 0 Å². The van der Waals surface area contributed by atoms with Gasteiger partial charge in [0.15, 0.2) is 0 Å². The molecule has 0 saturated carbocycles. The molecular weight excluding hydrogens is 387 g/mol. The first-order chi connectivity index (χ1) is 14.3. The van der Waals surface area contributed by atoms with Gasteiger partial charge < -0.3 is 4.74 Å². The summed E-state index contributed by atoms with van der Waals surface area (Å²) >= 11 is 0. The molecule has 0 amide bonds. The molecule has 0 aliphatic carbocycles. The number of halogens is 1. The Morgan fingerprint density at radius 3 is 2.50 bits per heavy atom. The summed E-state index contributed by atoms with van der Waals surface area (Å²) in [5, 5.41) is 12.0. The highest BCUT2D eigenvalue weighted by atomic mass is 19.1. The van der Waals surface area contributed by atoms with Crippen LogP contribution in [0.15, 0.2) is 47.4 Å². The number of hydrogen-bond acceptors (Lipinski definition) is 5. The Morgan fingerprint density at radius 1 is 1.07 bits per heavy atom. The van der Waals surface area contributed by atoms with Crippen molar-refractivity contribution in [2.24, 2.45) is 14.1 Å². The molecule has 0 bridgehead atoms. The van der Waals surface area contributed by atoms with Gasteiger partial charge in [-0.15, -0.1) is 0 Å². The van der Waals surface area contributed by atoms with E-state index in [-0.39, 0.29) is 12.2 Å². The summed E-state index contributed by atoms with van der Waals surface area (Å²) < 4.78 is 24.4. The van der Waals surface area contributed by atoms with Gasteiger partial charge in [-0.2, -0.15) is 14.5 Å². The van der Waals surface area contributed by atoms with Gasteiger partial charge in [-0.05, 0) is 65.7 Å². The van der Waals surface area contributed by atoms with Gasteiger partial charge in [0.2, 0.25) is 0 Å². The fourth-order valence-electron chi connectivity index (χ4n) is 3.35. The molecule has 0 spiro atoms. The third kappa shape index (κ3) is 3.49. The van der Waals surface area contributed by atoms with E-state index in [9.17, 15) is 9.18 Å². The number of benzene rings is 2. The quantitative estimate of drug-likeness (QED) is 0.507. The maximum absolute atomic E-state index is 14.5. The van der Waals surface area contributed by atoms with Crippen LogP contribution < -0.4 is 10.4 Å². The Morgan fingerprint density at radius 2 is 1.87 bits per heavy atom. The van der Waals surface area contributed by atoms with E-state index in [0.717, 1.165) is 31.7 Å². The summed E-state index contributed by atoms with van der Waals surface area (Å²) in [6.07, 6.45) is 1.96. The normalized spacial score (nSPS) is 11.1. The van der Waals surface area contributed by atoms with E-state index in [1.165, 1.54) is 19.2 Å². The average molecular weight is 408 g/mol. The van der Waals surface area contributed by atoms with Crippen molar-refractivity contribution in [2.75, 3.05) is 0 Å². The van der Waals surface area contributed by atoms with Gasteiger partial charge >= 0.3 is 5.69 Å². The lowest BCUT2D eigenvalue weighted by Gasteiger charge is -2.13. The summed E-state index contributed by atoms with van der Waals surface area (Å²) in [6, 6.07) is 10.2. The van der Waals surface area contributed by atoms with Crippen molar-refractivity contribution in [1.82, 2.24) is 29.6 Å². The number of nitrogens with zero attached hydrogens (tertiary/aromatic N) is 6. The number of rotatable bonds is 5. The Kier molecular flexibility index (Phi) is 4.94. The van der Waals surface area contributed by atoms with Crippen molar-refractivity contribution in [3.05, 3.63) is 75.6 Å². The Bertz CT molecular complexity index is 1290. The van der Waals surface area contributed by atoms with Gasteiger partial charge in [0.05, 0.1) is 16.9 Å². The molecule has 0 unspecified atom stereocenters. The Hall–Kier alpha value is -3.75. The van der Waals surface area contributed by atoms with E-state index >= 15 is 0 Å². The van der Waals surface area contributed by atoms with Gasteiger partial charge in [-0.3, -0.25) is 4.68 Å². The number of ether oxygens (including phenoxy) is 1. The molecule has 0 aliphatic heterocycles. The molecule has 0 saturated heterocycles. The Labute approximate surface area is 172 Å². The molecule has 0 atom stereocenters. The van der Waals surface area contributed by atoms with Crippen LogP contribution in [0.5, 0.6) is 5.75 Å². The summed E-state index contributed by atoms with van der Waals surface area (Å²) in [7, 11) is 3.37. The second-order valence-electron chi connectivity index (χ2n) is 7.14. The maximum atomic E-state index is 14.5. The van der Waals surface area contributed by atoms with Crippen LogP contribution >= 0.6 is 0 Å². The summed E-state index contributed by atoms with van der Waals surface area (Å²) in [6.45, 7) is 3.87. The molecule has 9 heteroatoms. The number of aryl methyl sites for hydroxylation is 4. The van der Waals surface area contributed by atoms with Crippen LogP contribution in [-0.2, 0) is 20.7 Å². The van der Waals surface area contributed by atoms with Crippen LogP contribution in [0, 0.1) is 19.7 Å². The lowest BCUT2D eigenvalue weighted by Crippen LogP contribution is -2.23. The van der Waals surface area contributed by atoms with Crippen molar-refractivity contribution < 1.29 is 9.13 Å². The fraction of sp³-hybridized carbons (Fsp3) is 0.238. The van der Waals surface area contributed by atoms with Crippen molar-refractivity contribution >= 4 is 0 Å². The standard InChI is InChI=1S/C21H21FN6O2/c1-13-10-15(20-14(2)11-26(3)23-20)8-9-19(13)30-12-16-17(22)6-5-7-18(16)28-21(29)27(4)24-25-28/h5-11H,12H2,1-4H3. The number of tetrazole rings is 1. The van der Waals surface area contributed by atoms with Crippen molar-refractivity contribution in [3.8, 4) is 22.7 Å². The van der Waals surface area contributed by atoms with E-state index in [0.29, 0.717) is 11.4 Å². The molecule has 154 valence electrons. The molecule has 4 rings (SSSR count). The van der Waals surface area contributed by atoms with Gasteiger partial charge in [0.1, 0.15) is 18.2 Å². The van der Waals surface area contributed by atoms with Gasteiger partial charge in [0.25, 0.3) is 0 Å². The summed E-state index contributed by atoms with van der Waals surface area (Å²) in [4.78, 5) is 12.2. The average Bonchev–Trinajstić information content (AvgIpc) is 3.22. The second-order valence-corrected chi connectivity index (χ2v) is 7.14. The van der Waals surface area contributed by atoms with E-state index in [2.05, 4.69) is 15.5 Å². The first-order valence-electron chi connectivity index (χ1n) is 9.36. The minimum absolute atomic E-state index is 0.0617. The highest BCUT2D eigenvalue weighted by molar-refractivity contribution is 5.64. The van der Waals surface area contributed by atoms with Crippen LogP contribution in [0.2, 0.25) is 0 Å². The maximum Gasteiger partial charge on any atom is 0.368 e. The first-order valence-corrected chi connectivity index (χ1v) is 9.36. The zero-order valence-corrected chi connectivity index (χ0v) is 17.1. The van der Waals surface area contributed by atoms with Crippen LogP contribution in [0.25, 0.3) is 16.9 Å². The topological polar surface area (TPSA) is 79.8 Å². The van der Waals surface area contributed by atoms with Crippen molar-refractivity contribution in [2.45, 2.75) is 20.5 Å². The zero-order chi connectivity index (χ0) is 21.4. The highest BCUT2D eigenvalue weighted by Gasteiger charge is 2.16. The molecule has 4 aromatic rings. The third-order valence-electron chi connectivity index (χ3n) is 4.88. The molecule has 8 nitrogen and oxygen atoms in total. The Balaban J connectivity index is 1.62. The summed E-state index contributed by atoms with van der Waals surface area (Å²) in [5.41, 5.74) is 3.92. The largest absolute Gasteiger partial charge is 0.488 e. The second kappa shape index (κ2) is 7.58. The molecule has 2 aromatic heterocycles. The molecular formula is C21H21FN6O2. The highest BCUT2D eigenvalue weighted by Crippen LogP contribution is 2.28. The number of aromatic nitrogens is 6. The molecule has 0 N–H and O–H groups in total. The monoisotopic (exact) mass is 408 g/mol. The van der Waals surface area contributed by atoms with E-state index in [4.69, 9.17) is 4.74 Å². The van der Waals surface area contributed by atoms with Crippen molar-refractivity contribution in [3.63, 3.8) is 0 Å². The molecule has 0 aliphatic rings. The van der Waals surface area contributed by atoms with Crippen molar-refractivity contribution in [1.29, 1.82) is 0 Å². The van der Waals surface area contributed by atoms with Gasteiger partial charge in [0, 0.05) is 25.9 Å². The fourth-order valence-corrected chi connectivity index (χ4v) is 3.35. The van der Waals surface area contributed by atoms with E-state index in [1.807, 2.05) is 45.3 Å². The first kappa shape index (κ1) is 19.6. The lowest BCUT2D eigenvalue weighted by molar-refractivity contribution is 0.297. The predicted octanol–water partition coefficient (Wildman–Crippen LogP) is 2.70. The van der Waals surface area contributed by atoms with E-state index in [1.54, 1.807) is 10.7 Å². The molecule has 0 radical (unpaired) electrons. The van der Waals surface area contributed by atoms with Crippen LogP contribution in [-0.4, -0.2) is 29.6 Å². The van der Waals surface area contributed by atoms with Gasteiger partial charge in [-0.25, -0.2) is 9.18 Å². The predicted molar refractivity (Wildman–Crippen MR) is 109 cm³/mol. The minimum Gasteiger partial charge on any atom is -0.488 e.